The monoisotopic (exact) mass is 734 g/mol. The number of hydrogen-bond donors (Lipinski definition) is 1. The predicted molar refractivity (Wildman–Crippen MR) is 193 cm³/mol. The van der Waals surface area contributed by atoms with E-state index >= 15 is 0 Å². The zero-order chi connectivity index (χ0) is 37.8. The molecule has 3 fully saturated rings. The molecule has 15 heteroatoms. The number of carbonyl (C=O) groups excluding carboxylic acids is 5. The molecule has 8 rings (SSSR count). The largest absolute Gasteiger partial charge is 0.496 e. The van der Waals surface area contributed by atoms with Crippen LogP contribution in [-0.2, 0) is 28.0 Å². The SMILES string of the molecule is COc1cc(-c2cn(C)c(=O)c3cnccc23)cc(OC)c1CN1CC(CC(=O)N2CC(Oc3ccc4c(c3)C(=O)N(C3CCC(=O)NC3=O)C4=O)C2)C1. The lowest BCUT2D eigenvalue weighted by Crippen LogP contribution is -2.57. The lowest BCUT2D eigenvalue weighted by atomic mass is 9.93. The summed E-state index contributed by atoms with van der Waals surface area (Å²) in [4.78, 5) is 84.9. The van der Waals surface area contributed by atoms with Crippen LogP contribution in [-0.4, -0.2) is 106 Å². The number of pyridine rings is 2. The summed E-state index contributed by atoms with van der Waals surface area (Å²) in [6, 6.07) is 9.31. The number of carbonyl (C=O) groups is 5. The molecule has 4 aliphatic rings. The summed E-state index contributed by atoms with van der Waals surface area (Å²) >= 11 is 0. The van der Waals surface area contributed by atoms with Crippen molar-refractivity contribution in [2.75, 3.05) is 40.4 Å². The third-order valence-electron chi connectivity index (χ3n) is 10.7. The third kappa shape index (κ3) is 6.13. The molecule has 6 heterocycles. The van der Waals surface area contributed by atoms with Crippen LogP contribution in [0.3, 0.4) is 0 Å². The average molecular weight is 735 g/mol. The predicted octanol–water partition coefficient (Wildman–Crippen LogP) is 2.13. The fourth-order valence-electron chi connectivity index (χ4n) is 7.80. The third-order valence-corrected chi connectivity index (χ3v) is 10.7. The highest BCUT2D eigenvalue weighted by atomic mass is 16.5. The zero-order valence-corrected chi connectivity index (χ0v) is 30.0. The molecule has 15 nitrogen and oxygen atoms in total. The van der Waals surface area contributed by atoms with Gasteiger partial charge in [-0.05, 0) is 59.7 Å². The van der Waals surface area contributed by atoms with E-state index in [1.54, 1.807) is 55.4 Å². The topological polar surface area (TPSA) is 170 Å². The highest BCUT2D eigenvalue weighted by Gasteiger charge is 2.45. The van der Waals surface area contributed by atoms with Gasteiger partial charge in [0.25, 0.3) is 17.4 Å². The first kappa shape index (κ1) is 35.0. The molecule has 4 aliphatic heterocycles. The van der Waals surface area contributed by atoms with Crippen molar-refractivity contribution in [1.82, 2.24) is 29.6 Å². The number of likely N-dealkylation sites (tertiary alicyclic amines) is 2. The van der Waals surface area contributed by atoms with Gasteiger partial charge < -0.3 is 23.7 Å². The van der Waals surface area contributed by atoms with Crippen LogP contribution in [0.1, 0.15) is 45.5 Å². The number of rotatable bonds is 10. The Labute approximate surface area is 309 Å². The van der Waals surface area contributed by atoms with Gasteiger partial charge in [0.05, 0.1) is 49.4 Å². The van der Waals surface area contributed by atoms with Crippen molar-refractivity contribution in [3.63, 3.8) is 0 Å². The Bertz CT molecular complexity index is 2280. The summed E-state index contributed by atoms with van der Waals surface area (Å²) in [5.41, 5.74) is 2.80. The Balaban J connectivity index is 0.844. The number of hydrogen-bond acceptors (Lipinski definition) is 11. The van der Waals surface area contributed by atoms with E-state index in [1.165, 1.54) is 12.1 Å². The second kappa shape index (κ2) is 13.7. The van der Waals surface area contributed by atoms with E-state index in [0.717, 1.165) is 40.1 Å². The van der Waals surface area contributed by atoms with Gasteiger partial charge >= 0.3 is 0 Å². The minimum absolute atomic E-state index is 0.0470. The normalized spacial score (nSPS) is 19.1. The van der Waals surface area contributed by atoms with Crippen molar-refractivity contribution < 1.29 is 38.2 Å². The maximum atomic E-state index is 13.2. The number of benzene rings is 2. The molecule has 1 N–H and O–H groups in total. The van der Waals surface area contributed by atoms with Crippen molar-refractivity contribution in [3.05, 3.63) is 82.0 Å². The van der Waals surface area contributed by atoms with Gasteiger partial charge in [-0.25, -0.2) is 0 Å². The molecule has 1 atom stereocenters. The molecular weight excluding hydrogens is 696 g/mol. The number of amides is 5. The van der Waals surface area contributed by atoms with Crippen molar-refractivity contribution in [3.8, 4) is 28.4 Å². The summed E-state index contributed by atoms with van der Waals surface area (Å²) in [7, 11) is 4.95. The van der Waals surface area contributed by atoms with Crippen molar-refractivity contribution in [1.29, 1.82) is 0 Å². The Kier molecular flexibility index (Phi) is 8.88. The van der Waals surface area contributed by atoms with Gasteiger partial charge in [0.1, 0.15) is 29.4 Å². The number of ether oxygens (including phenoxy) is 3. The molecule has 0 saturated carbocycles. The smallest absolute Gasteiger partial charge is 0.262 e. The first-order valence-electron chi connectivity index (χ1n) is 17.7. The summed E-state index contributed by atoms with van der Waals surface area (Å²) in [5, 5.41) is 3.51. The van der Waals surface area contributed by atoms with Crippen molar-refractivity contribution in [2.24, 2.45) is 13.0 Å². The summed E-state index contributed by atoms with van der Waals surface area (Å²) in [6.45, 7) is 2.87. The van der Waals surface area contributed by atoms with Gasteiger partial charge in [-0.2, -0.15) is 0 Å². The number of aryl methyl sites for hydroxylation is 1. The lowest BCUT2D eigenvalue weighted by molar-refractivity contribution is -0.142. The molecule has 0 bridgehead atoms. The number of imide groups is 2. The van der Waals surface area contributed by atoms with Gasteiger partial charge in [-0.1, -0.05) is 0 Å². The van der Waals surface area contributed by atoms with Gasteiger partial charge in [0.2, 0.25) is 17.7 Å². The van der Waals surface area contributed by atoms with Crippen molar-refractivity contribution >= 4 is 40.3 Å². The van der Waals surface area contributed by atoms with E-state index in [4.69, 9.17) is 14.2 Å². The molecule has 0 aliphatic carbocycles. The Hall–Kier alpha value is -6.09. The van der Waals surface area contributed by atoms with Crippen LogP contribution < -0.4 is 25.1 Å². The molecular formula is C39H38N6O9. The van der Waals surface area contributed by atoms with Crippen LogP contribution in [0.15, 0.2) is 59.8 Å². The number of methoxy groups -OCH3 is 2. The molecule has 5 amide bonds. The highest BCUT2D eigenvalue weighted by molar-refractivity contribution is 6.23. The van der Waals surface area contributed by atoms with Crippen LogP contribution in [0.2, 0.25) is 0 Å². The summed E-state index contributed by atoms with van der Waals surface area (Å²) in [5.74, 6) is -0.297. The summed E-state index contributed by atoms with van der Waals surface area (Å²) in [6.07, 6.45) is 5.33. The standard InChI is InChI=1S/C39H38N6O9/c1-42-19-29(25-8-9-40-14-28(25)37(42)49)22-11-32(52-2)30(33(12-22)53-3)20-43-15-21(16-43)10-35(47)44-17-24(18-44)54-23-4-5-26-27(13-23)39(51)45(38(26)50)31-6-7-34(46)41-36(31)48/h4-5,8-9,11-14,19,21,24,31H,6-7,10,15-18,20H2,1-3H3,(H,41,46,48). The maximum Gasteiger partial charge on any atom is 0.262 e. The van der Waals surface area contributed by atoms with Gasteiger partial charge in [0, 0.05) is 63.7 Å². The number of nitrogens with one attached hydrogen (secondary N) is 1. The second-order valence-corrected chi connectivity index (χ2v) is 14.2. The van der Waals surface area contributed by atoms with Crippen LogP contribution in [0, 0.1) is 5.92 Å². The van der Waals surface area contributed by atoms with Gasteiger partial charge in [-0.15, -0.1) is 0 Å². The van der Waals surface area contributed by atoms with E-state index < -0.39 is 29.7 Å². The zero-order valence-electron chi connectivity index (χ0n) is 30.0. The molecule has 3 saturated heterocycles. The second-order valence-electron chi connectivity index (χ2n) is 14.2. The van der Waals surface area contributed by atoms with E-state index in [2.05, 4.69) is 15.2 Å². The lowest BCUT2D eigenvalue weighted by Gasteiger charge is -2.43. The molecule has 2 aromatic heterocycles. The van der Waals surface area contributed by atoms with Crippen LogP contribution in [0.4, 0.5) is 0 Å². The van der Waals surface area contributed by atoms with Gasteiger partial charge in [0.15, 0.2) is 0 Å². The molecule has 54 heavy (non-hydrogen) atoms. The van der Waals surface area contributed by atoms with Crippen LogP contribution in [0.25, 0.3) is 21.9 Å². The molecule has 278 valence electrons. The highest BCUT2D eigenvalue weighted by Crippen LogP contribution is 2.39. The number of fused-ring (bicyclic) bond motifs is 2. The quantitative estimate of drug-likeness (QED) is 0.237. The fourth-order valence-corrected chi connectivity index (χ4v) is 7.80. The Morgan fingerprint density at radius 3 is 2.31 bits per heavy atom. The maximum absolute atomic E-state index is 13.2. The van der Waals surface area contributed by atoms with E-state index in [0.29, 0.717) is 48.7 Å². The Morgan fingerprint density at radius 1 is 0.889 bits per heavy atom. The first-order valence-corrected chi connectivity index (χ1v) is 17.7. The van der Waals surface area contributed by atoms with Crippen molar-refractivity contribution in [2.45, 2.75) is 38.0 Å². The average Bonchev–Trinajstić information content (AvgIpc) is 3.38. The number of nitrogens with zero attached hydrogens (tertiary/aromatic N) is 5. The van der Waals surface area contributed by atoms with E-state index in [1.807, 2.05) is 18.2 Å². The van der Waals surface area contributed by atoms with Gasteiger partial charge in [-0.3, -0.25) is 48.9 Å². The fraction of sp³-hybridized carbons (Fsp3) is 0.359. The minimum Gasteiger partial charge on any atom is -0.496 e. The first-order chi connectivity index (χ1) is 26.0. The van der Waals surface area contributed by atoms with Crippen LogP contribution in [0.5, 0.6) is 17.2 Å². The number of piperidine rings is 1. The molecule has 2 aromatic carbocycles. The molecule has 0 radical (unpaired) electrons. The molecule has 0 spiro atoms. The molecule has 4 aromatic rings. The summed E-state index contributed by atoms with van der Waals surface area (Å²) < 4.78 is 19.3. The van der Waals surface area contributed by atoms with E-state index in [9.17, 15) is 28.8 Å². The number of aromatic nitrogens is 2. The van der Waals surface area contributed by atoms with E-state index in [-0.39, 0.29) is 47.5 Å². The minimum atomic E-state index is -1.04. The van der Waals surface area contributed by atoms with Crippen LogP contribution >= 0.6 is 0 Å². The molecule has 1 unspecified atom stereocenters. The Morgan fingerprint density at radius 2 is 1.61 bits per heavy atom.